The van der Waals surface area contributed by atoms with Crippen molar-refractivity contribution in [3.05, 3.63) is 0 Å². The number of aromatic nitrogens is 3. The Bertz CT molecular complexity index is 266. The van der Waals surface area contributed by atoms with Crippen molar-refractivity contribution in [3.63, 3.8) is 0 Å². The van der Waals surface area contributed by atoms with Crippen LogP contribution in [0.15, 0.2) is 5.16 Å². The van der Waals surface area contributed by atoms with E-state index in [1.165, 1.54) is 11.8 Å². The molecule has 1 aromatic rings. The van der Waals surface area contributed by atoms with Gasteiger partial charge in [0.25, 0.3) is 0 Å². The molecular formula is C6H12N6S. The number of thioether (sulfide) groups is 1. The van der Waals surface area contributed by atoms with Crippen LogP contribution in [-0.2, 0) is 0 Å². The van der Waals surface area contributed by atoms with Crippen LogP contribution in [0.3, 0.4) is 0 Å². The average Bonchev–Trinajstić information content (AvgIpc) is 2.16. The standard InChI is InChI=1S/C6H12N6S/c1-12(2)5-8-4(11-7)9-6(10-5)13-3/h7H2,1-3H3,(H,8,9,10,11). The third kappa shape index (κ3) is 2.43. The van der Waals surface area contributed by atoms with Crippen LogP contribution in [0.1, 0.15) is 0 Å². The third-order valence-electron chi connectivity index (χ3n) is 1.31. The molecule has 0 bridgehead atoms. The molecule has 3 N–H and O–H groups in total. The fourth-order valence-corrected chi connectivity index (χ4v) is 1.05. The molecule has 0 aliphatic rings. The molecule has 0 radical (unpaired) electrons. The van der Waals surface area contributed by atoms with Crippen LogP contribution in [-0.4, -0.2) is 35.3 Å². The van der Waals surface area contributed by atoms with E-state index < -0.39 is 0 Å². The zero-order valence-electron chi connectivity index (χ0n) is 7.77. The lowest BCUT2D eigenvalue weighted by molar-refractivity contribution is 0.867. The van der Waals surface area contributed by atoms with Crippen LogP contribution in [0.25, 0.3) is 0 Å². The molecular weight excluding hydrogens is 188 g/mol. The number of nitrogens with two attached hydrogens (primary N) is 1. The summed E-state index contributed by atoms with van der Waals surface area (Å²) >= 11 is 1.45. The summed E-state index contributed by atoms with van der Waals surface area (Å²) in [7, 11) is 3.72. The molecule has 0 saturated heterocycles. The highest BCUT2D eigenvalue weighted by Gasteiger charge is 2.05. The number of hydrazine groups is 1. The van der Waals surface area contributed by atoms with Gasteiger partial charge in [-0.15, -0.1) is 0 Å². The van der Waals surface area contributed by atoms with E-state index in [-0.39, 0.29) is 0 Å². The van der Waals surface area contributed by atoms with Crippen LogP contribution in [0.2, 0.25) is 0 Å². The van der Waals surface area contributed by atoms with Gasteiger partial charge in [-0.3, -0.25) is 5.43 Å². The maximum Gasteiger partial charge on any atom is 0.242 e. The fraction of sp³-hybridized carbons (Fsp3) is 0.500. The predicted molar refractivity (Wildman–Crippen MR) is 53.7 cm³/mol. The number of nitrogens with one attached hydrogen (secondary N) is 1. The second kappa shape index (κ2) is 4.24. The summed E-state index contributed by atoms with van der Waals surface area (Å²) in [5.74, 6) is 6.18. The number of anilines is 2. The van der Waals surface area contributed by atoms with Gasteiger partial charge in [0.1, 0.15) is 0 Å². The molecule has 0 amide bonds. The number of nitrogen functional groups attached to an aromatic ring is 1. The Morgan fingerprint density at radius 3 is 2.46 bits per heavy atom. The van der Waals surface area contributed by atoms with Crippen molar-refractivity contribution in [2.45, 2.75) is 5.16 Å². The Labute approximate surface area is 80.9 Å². The van der Waals surface area contributed by atoms with Gasteiger partial charge in [-0.05, 0) is 6.26 Å². The van der Waals surface area contributed by atoms with E-state index in [0.717, 1.165) is 0 Å². The van der Waals surface area contributed by atoms with Crippen molar-refractivity contribution in [2.24, 2.45) is 5.84 Å². The second-order valence-electron chi connectivity index (χ2n) is 2.48. The van der Waals surface area contributed by atoms with Gasteiger partial charge >= 0.3 is 0 Å². The van der Waals surface area contributed by atoms with Gasteiger partial charge in [0.2, 0.25) is 11.9 Å². The molecule has 0 saturated carbocycles. The van der Waals surface area contributed by atoms with E-state index in [1.54, 1.807) is 4.90 Å². The molecule has 0 aromatic carbocycles. The molecule has 7 heteroatoms. The zero-order valence-corrected chi connectivity index (χ0v) is 8.59. The third-order valence-corrected chi connectivity index (χ3v) is 1.86. The van der Waals surface area contributed by atoms with Crippen LogP contribution in [0, 0.1) is 0 Å². The maximum atomic E-state index is 5.21. The van der Waals surface area contributed by atoms with Gasteiger partial charge in [-0.2, -0.15) is 15.0 Å². The van der Waals surface area contributed by atoms with Crippen LogP contribution in [0.4, 0.5) is 11.9 Å². The van der Waals surface area contributed by atoms with Gasteiger partial charge < -0.3 is 4.90 Å². The summed E-state index contributed by atoms with van der Waals surface area (Å²) in [6.07, 6.45) is 1.90. The minimum Gasteiger partial charge on any atom is -0.347 e. The molecule has 0 unspecified atom stereocenters. The minimum atomic E-state index is 0.378. The smallest absolute Gasteiger partial charge is 0.242 e. The highest BCUT2D eigenvalue weighted by atomic mass is 32.2. The molecule has 0 aliphatic carbocycles. The molecule has 6 nitrogen and oxygen atoms in total. The summed E-state index contributed by atoms with van der Waals surface area (Å²) < 4.78 is 0. The first kappa shape index (κ1) is 10.0. The SMILES string of the molecule is CSc1nc(NN)nc(N(C)C)n1. The highest BCUT2D eigenvalue weighted by Crippen LogP contribution is 2.13. The van der Waals surface area contributed by atoms with Gasteiger partial charge in [0.05, 0.1) is 0 Å². The largest absolute Gasteiger partial charge is 0.347 e. The molecule has 0 atom stereocenters. The highest BCUT2D eigenvalue weighted by molar-refractivity contribution is 7.98. The molecule has 0 spiro atoms. The Hall–Kier alpha value is -1.08. The second-order valence-corrected chi connectivity index (χ2v) is 3.26. The zero-order chi connectivity index (χ0) is 9.84. The number of hydrogen-bond donors (Lipinski definition) is 2. The summed E-state index contributed by atoms with van der Waals surface area (Å²) in [6, 6.07) is 0. The first-order chi connectivity index (χ1) is 6.17. The van der Waals surface area contributed by atoms with Gasteiger partial charge in [0.15, 0.2) is 5.16 Å². The number of rotatable bonds is 3. The summed E-state index contributed by atoms with van der Waals surface area (Å²) in [5, 5.41) is 0.645. The Kier molecular flexibility index (Phi) is 3.26. The quantitative estimate of drug-likeness (QED) is 0.402. The Balaban J connectivity index is 3.07. The van der Waals surface area contributed by atoms with Crippen LogP contribution < -0.4 is 16.2 Å². The van der Waals surface area contributed by atoms with Gasteiger partial charge in [-0.1, -0.05) is 11.8 Å². The Morgan fingerprint density at radius 2 is 2.00 bits per heavy atom. The van der Waals surface area contributed by atoms with E-state index in [2.05, 4.69) is 20.4 Å². The molecule has 0 fully saturated rings. The Morgan fingerprint density at radius 1 is 1.31 bits per heavy atom. The summed E-state index contributed by atoms with van der Waals surface area (Å²) in [4.78, 5) is 14.0. The van der Waals surface area contributed by atoms with E-state index >= 15 is 0 Å². The van der Waals surface area contributed by atoms with Crippen LogP contribution in [0.5, 0.6) is 0 Å². The van der Waals surface area contributed by atoms with Crippen molar-refractivity contribution < 1.29 is 0 Å². The maximum absolute atomic E-state index is 5.21. The monoisotopic (exact) mass is 200 g/mol. The lowest BCUT2D eigenvalue weighted by Gasteiger charge is -2.11. The van der Waals surface area contributed by atoms with E-state index in [0.29, 0.717) is 17.1 Å². The van der Waals surface area contributed by atoms with Crippen LogP contribution >= 0.6 is 11.8 Å². The molecule has 0 aliphatic heterocycles. The first-order valence-corrected chi connectivity index (χ1v) is 4.84. The normalized spacial score (nSPS) is 9.85. The predicted octanol–water partition coefficient (Wildman–Crippen LogP) is -0.0549. The molecule has 1 rings (SSSR count). The van der Waals surface area contributed by atoms with Gasteiger partial charge in [-0.25, -0.2) is 5.84 Å². The average molecular weight is 200 g/mol. The molecule has 1 heterocycles. The van der Waals surface area contributed by atoms with Crippen molar-refractivity contribution in [1.29, 1.82) is 0 Å². The lowest BCUT2D eigenvalue weighted by Crippen LogP contribution is -2.17. The minimum absolute atomic E-state index is 0.378. The van der Waals surface area contributed by atoms with E-state index in [4.69, 9.17) is 5.84 Å². The summed E-state index contributed by atoms with van der Waals surface area (Å²) in [5.41, 5.74) is 2.39. The van der Waals surface area contributed by atoms with Crippen molar-refractivity contribution in [3.8, 4) is 0 Å². The molecule has 72 valence electrons. The number of nitrogens with zero attached hydrogens (tertiary/aromatic N) is 4. The topological polar surface area (TPSA) is 80.0 Å². The van der Waals surface area contributed by atoms with Crippen molar-refractivity contribution in [1.82, 2.24) is 15.0 Å². The van der Waals surface area contributed by atoms with E-state index in [1.807, 2.05) is 20.4 Å². The van der Waals surface area contributed by atoms with Crippen molar-refractivity contribution >= 4 is 23.7 Å². The molecule has 1 aromatic heterocycles. The van der Waals surface area contributed by atoms with Crippen molar-refractivity contribution in [2.75, 3.05) is 30.7 Å². The summed E-state index contributed by atoms with van der Waals surface area (Å²) in [6.45, 7) is 0. The lowest BCUT2D eigenvalue weighted by atomic mass is 10.8. The molecule has 13 heavy (non-hydrogen) atoms. The van der Waals surface area contributed by atoms with Gasteiger partial charge in [0, 0.05) is 14.1 Å². The first-order valence-electron chi connectivity index (χ1n) is 3.61. The fourth-order valence-electron chi connectivity index (χ4n) is 0.702. The van der Waals surface area contributed by atoms with E-state index in [9.17, 15) is 0 Å². The number of hydrogen-bond acceptors (Lipinski definition) is 7.